The second-order valence-electron chi connectivity index (χ2n) is 7.69. The lowest BCUT2D eigenvalue weighted by atomic mass is 10.0. The first kappa shape index (κ1) is 21.6. The number of hydrogen-bond acceptors (Lipinski definition) is 2. The highest BCUT2D eigenvalue weighted by Gasteiger charge is 2.38. The summed E-state index contributed by atoms with van der Waals surface area (Å²) in [5.74, 6) is -1.71. The molecule has 0 unspecified atom stereocenters. The Hall–Kier alpha value is -3.61. The zero-order valence-electron chi connectivity index (χ0n) is 17.1. The van der Waals surface area contributed by atoms with E-state index in [-0.39, 0.29) is 11.6 Å². The highest BCUT2D eigenvalue weighted by molar-refractivity contribution is 6.13. The number of anilines is 2. The second-order valence-corrected chi connectivity index (χ2v) is 7.69. The monoisotopic (exact) mass is 438 g/mol. The van der Waals surface area contributed by atoms with Crippen LogP contribution in [0.1, 0.15) is 23.1 Å². The van der Waals surface area contributed by atoms with Crippen LogP contribution in [0.2, 0.25) is 0 Å². The summed E-state index contributed by atoms with van der Waals surface area (Å²) in [6.45, 7) is 0.399. The van der Waals surface area contributed by atoms with Crippen molar-refractivity contribution < 1.29 is 22.8 Å². The third-order valence-corrected chi connectivity index (χ3v) is 5.52. The van der Waals surface area contributed by atoms with E-state index in [4.69, 9.17) is 0 Å². The van der Waals surface area contributed by atoms with E-state index in [1.807, 2.05) is 54.6 Å². The fourth-order valence-electron chi connectivity index (χ4n) is 3.87. The van der Waals surface area contributed by atoms with Crippen molar-refractivity contribution in [1.29, 1.82) is 0 Å². The van der Waals surface area contributed by atoms with Crippen LogP contribution >= 0.6 is 0 Å². The number of benzene rings is 3. The van der Waals surface area contributed by atoms with Crippen LogP contribution in [0.3, 0.4) is 0 Å². The molecule has 2 amide bonds. The van der Waals surface area contributed by atoms with Crippen molar-refractivity contribution in [1.82, 2.24) is 0 Å². The topological polar surface area (TPSA) is 49.4 Å². The normalized spacial score (nSPS) is 16.3. The summed E-state index contributed by atoms with van der Waals surface area (Å²) in [6.07, 6.45) is -3.45. The Bertz CT molecular complexity index is 1110. The highest BCUT2D eigenvalue weighted by atomic mass is 19.4. The van der Waals surface area contributed by atoms with Crippen LogP contribution in [-0.2, 0) is 22.2 Å². The van der Waals surface area contributed by atoms with Gasteiger partial charge in [-0.15, -0.1) is 0 Å². The Balaban J connectivity index is 1.47. The Morgan fingerprint density at radius 1 is 0.938 bits per heavy atom. The number of nitrogens with one attached hydrogen (secondary N) is 1. The molecule has 0 saturated carbocycles. The van der Waals surface area contributed by atoms with Crippen molar-refractivity contribution in [3.8, 4) is 0 Å². The smallest absolute Gasteiger partial charge is 0.325 e. The lowest BCUT2D eigenvalue weighted by Crippen LogP contribution is -2.33. The van der Waals surface area contributed by atoms with E-state index in [1.54, 1.807) is 4.90 Å². The molecule has 1 aliphatic rings. The average molecular weight is 438 g/mol. The molecule has 1 aliphatic heterocycles. The molecule has 0 aliphatic carbocycles. The molecule has 32 heavy (non-hydrogen) atoms. The lowest BCUT2D eigenvalue weighted by molar-refractivity contribution is -0.137. The van der Waals surface area contributed by atoms with E-state index in [0.29, 0.717) is 19.4 Å². The molecular weight excluding hydrogens is 417 g/mol. The molecule has 4 rings (SSSR count). The second kappa shape index (κ2) is 8.86. The quantitative estimate of drug-likeness (QED) is 0.551. The highest BCUT2D eigenvalue weighted by Crippen LogP contribution is 2.32. The Morgan fingerprint density at radius 2 is 1.59 bits per heavy atom. The number of alkyl halides is 3. The van der Waals surface area contributed by atoms with Gasteiger partial charge in [-0.25, -0.2) is 0 Å². The molecule has 0 spiro atoms. The Labute approximate surface area is 183 Å². The first-order valence-corrected chi connectivity index (χ1v) is 10.2. The summed E-state index contributed by atoms with van der Waals surface area (Å²) in [6, 6.07) is 21.7. The number of amides is 2. The molecule has 1 saturated heterocycles. The van der Waals surface area contributed by atoms with Gasteiger partial charge in [0.2, 0.25) is 11.8 Å². The number of rotatable bonds is 5. The number of para-hydroxylation sites is 1. The molecule has 3 aromatic rings. The minimum absolute atomic E-state index is 0.221. The zero-order valence-corrected chi connectivity index (χ0v) is 17.1. The fourth-order valence-corrected chi connectivity index (χ4v) is 3.87. The van der Waals surface area contributed by atoms with Crippen LogP contribution in [-0.4, -0.2) is 18.4 Å². The van der Waals surface area contributed by atoms with Crippen LogP contribution in [0.4, 0.5) is 24.5 Å². The Morgan fingerprint density at radius 3 is 2.28 bits per heavy atom. The van der Waals surface area contributed by atoms with Crippen molar-refractivity contribution >= 4 is 23.2 Å². The van der Waals surface area contributed by atoms with Gasteiger partial charge >= 0.3 is 6.18 Å². The van der Waals surface area contributed by atoms with Crippen LogP contribution < -0.4 is 10.2 Å². The van der Waals surface area contributed by atoms with Gasteiger partial charge < -0.3 is 10.2 Å². The summed E-state index contributed by atoms with van der Waals surface area (Å²) >= 11 is 0. The molecule has 0 bridgehead atoms. The molecule has 3 aromatic carbocycles. The third-order valence-electron chi connectivity index (χ3n) is 5.52. The molecule has 4 nitrogen and oxygen atoms in total. The fraction of sp³-hybridized carbons (Fsp3) is 0.200. The molecule has 0 aromatic heterocycles. The predicted octanol–water partition coefficient (Wildman–Crippen LogP) is 5.29. The van der Waals surface area contributed by atoms with Crippen LogP contribution in [0.15, 0.2) is 78.9 Å². The molecule has 1 fully saturated rings. The number of carbonyl (C=O) groups is 2. The van der Waals surface area contributed by atoms with Gasteiger partial charge in [-0.1, -0.05) is 48.5 Å². The average Bonchev–Trinajstić information content (AvgIpc) is 3.16. The van der Waals surface area contributed by atoms with E-state index >= 15 is 0 Å². The molecule has 7 heteroatoms. The van der Waals surface area contributed by atoms with Gasteiger partial charge in [0.25, 0.3) is 0 Å². The summed E-state index contributed by atoms with van der Waals surface area (Å²) in [4.78, 5) is 27.3. The Kier molecular flexibility index (Phi) is 5.99. The number of nitrogens with zero attached hydrogens (tertiary/aromatic N) is 1. The summed E-state index contributed by atoms with van der Waals surface area (Å²) < 4.78 is 38.1. The SMILES string of the molecule is O=C(Nc1ccc(C(F)(F)F)cc1)[C@H]1CCN(c2ccccc2Cc2ccccc2)C1=O. The van der Waals surface area contributed by atoms with E-state index in [1.165, 1.54) is 12.1 Å². The number of hydrogen-bond donors (Lipinski definition) is 1. The van der Waals surface area contributed by atoms with Crippen LogP contribution in [0.25, 0.3) is 0 Å². The van der Waals surface area contributed by atoms with Gasteiger partial charge in [0.1, 0.15) is 5.92 Å². The summed E-state index contributed by atoms with van der Waals surface area (Å²) in [5.41, 5.74) is 2.29. The van der Waals surface area contributed by atoms with Crippen molar-refractivity contribution in [2.24, 2.45) is 5.92 Å². The van der Waals surface area contributed by atoms with Gasteiger partial charge in [-0.05, 0) is 54.3 Å². The van der Waals surface area contributed by atoms with Gasteiger partial charge in [-0.2, -0.15) is 13.2 Å². The van der Waals surface area contributed by atoms with E-state index in [0.717, 1.165) is 28.9 Å². The third kappa shape index (κ3) is 4.66. The molecule has 1 N–H and O–H groups in total. The first-order chi connectivity index (χ1) is 15.3. The van der Waals surface area contributed by atoms with Gasteiger partial charge in [0.15, 0.2) is 0 Å². The molecular formula is C25H21F3N2O2. The van der Waals surface area contributed by atoms with E-state index in [9.17, 15) is 22.8 Å². The van der Waals surface area contributed by atoms with Gasteiger partial charge in [0, 0.05) is 17.9 Å². The van der Waals surface area contributed by atoms with Crippen LogP contribution in [0, 0.1) is 5.92 Å². The molecule has 1 heterocycles. The van der Waals surface area contributed by atoms with Crippen molar-refractivity contribution in [2.75, 3.05) is 16.8 Å². The molecule has 164 valence electrons. The molecule has 1 atom stereocenters. The predicted molar refractivity (Wildman–Crippen MR) is 116 cm³/mol. The van der Waals surface area contributed by atoms with Gasteiger partial charge in [-0.3, -0.25) is 9.59 Å². The lowest BCUT2D eigenvalue weighted by Gasteiger charge is -2.20. The minimum atomic E-state index is -4.45. The zero-order chi connectivity index (χ0) is 22.7. The molecule has 0 radical (unpaired) electrons. The van der Waals surface area contributed by atoms with Crippen molar-refractivity contribution in [2.45, 2.75) is 19.0 Å². The maximum Gasteiger partial charge on any atom is 0.416 e. The van der Waals surface area contributed by atoms with Gasteiger partial charge in [0.05, 0.1) is 5.56 Å². The van der Waals surface area contributed by atoms with Crippen molar-refractivity contribution in [3.63, 3.8) is 0 Å². The number of halogens is 3. The first-order valence-electron chi connectivity index (χ1n) is 10.2. The van der Waals surface area contributed by atoms with E-state index in [2.05, 4.69) is 5.32 Å². The maximum atomic E-state index is 13.0. The van der Waals surface area contributed by atoms with Crippen LogP contribution in [0.5, 0.6) is 0 Å². The summed E-state index contributed by atoms with van der Waals surface area (Å²) in [5, 5.41) is 2.57. The minimum Gasteiger partial charge on any atom is -0.325 e. The standard InChI is InChI=1S/C25H21F3N2O2/c26-25(27,28)19-10-12-20(13-11-19)29-23(31)21-14-15-30(24(21)32)22-9-5-4-8-18(22)16-17-6-2-1-3-7-17/h1-13,21H,14-16H2,(H,29,31)/t21-/m1/s1. The largest absolute Gasteiger partial charge is 0.416 e. The van der Waals surface area contributed by atoms with E-state index < -0.39 is 23.6 Å². The van der Waals surface area contributed by atoms with Crippen molar-refractivity contribution in [3.05, 3.63) is 95.6 Å². The number of carbonyl (C=O) groups excluding carboxylic acids is 2. The maximum absolute atomic E-state index is 13.0. The summed E-state index contributed by atoms with van der Waals surface area (Å²) in [7, 11) is 0.